The van der Waals surface area contributed by atoms with Gasteiger partial charge in [-0.25, -0.2) is 0 Å². The van der Waals surface area contributed by atoms with E-state index in [4.69, 9.17) is 23.7 Å². The van der Waals surface area contributed by atoms with Crippen molar-refractivity contribution in [2.24, 2.45) is 0 Å². The van der Waals surface area contributed by atoms with Crippen LogP contribution in [0.1, 0.15) is 40.0 Å². The number of rotatable bonds is 17. The standard InChI is InChI=1S/C19H39NO7Si/c1-19(2,3)28(4,5)27-16-15-26-14-13-25-12-11-24-10-6-9-20-17(21)7-8-18(22)23/h6-16H2,1-5H3,(H,20,21)(H,22,23). The van der Waals surface area contributed by atoms with Crippen molar-refractivity contribution in [3.8, 4) is 0 Å². The fourth-order valence-electron chi connectivity index (χ4n) is 1.83. The molecule has 0 radical (unpaired) electrons. The van der Waals surface area contributed by atoms with Crippen LogP contribution in [-0.4, -0.2) is 78.1 Å². The van der Waals surface area contributed by atoms with Gasteiger partial charge in [-0.05, 0) is 24.6 Å². The van der Waals surface area contributed by atoms with Crippen molar-refractivity contribution in [3.63, 3.8) is 0 Å². The van der Waals surface area contributed by atoms with Crippen LogP contribution in [0.2, 0.25) is 18.1 Å². The highest BCUT2D eigenvalue weighted by Gasteiger charge is 2.36. The van der Waals surface area contributed by atoms with Gasteiger partial charge in [0.1, 0.15) is 0 Å². The zero-order valence-corrected chi connectivity index (χ0v) is 19.2. The lowest BCUT2D eigenvalue weighted by atomic mass is 10.2. The van der Waals surface area contributed by atoms with Gasteiger partial charge in [0.2, 0.25) is 5.91 Å². The summed E-state index contributed by atoms with van der Waals surface area (Å²) < 4.78 is 22.4. The Morgan fingerprint density at radius 2 is 1.36 bits per heavy atom. The minimum atomic E-state index is -1.69. The fraction of sp³-hybridized carbons (Fsp3) is 0.895. The van der Waals surface area contributed by atoms with Crippen molar-refractivity contribution in [1.82, 2.24) is 5.32 Å². The van der Waals surface area contributed by atoms with E-state index < -0.39 is 14.3 Å². The largest absolute Gasteiger partial charge is 0.481 e. The van der Waals surface area contributed by atoms with Gasteiger partial charge in [0.05, 0.1) is 46.1 Å². The average Bonchev–Trinajstić information content (AvgIpc) is 2.59. The molecule has 0 aliphatic heterocycles. The number of ether oxygens (including phenoxy) is 3. The summed E-state index contributed by atoms with van der Waals surface area (Å²) in [4.78, 5) is 21.6. The summed E-state index contributed by atoms with van der Waals surface area (Å²) in [6.07, 6.45) is 0.539. The number of aliphatic carboxylic acids is 1. The second-order valence-electron chi connectivity index (χ2n) is 8.04. The molecule has 0 unspecified atom stereocenters. The highest BCUT2D eigenvalue weighted by molar-refractivity contribution is 6.74. The molecule has 28 heavy (non-hydrogen) atoms. The maximum Gasteiger partial charge on any atom is 0.303 e. The van der Waals surface area contributed by atoms with E-state index in [0.29, 0.717) is 59.2 Å². The molecular weight excluding hydrogens is 382 g/mol. The van der Waals surface area contributed by atoms with Gasteiger partial charge in [0.25, 0.3) is 0 Å². The molecule has 9 heteroatoms. The zero-order chi connectivity index (χ0) is 21.5. The highest BCUT2D eigenvalue weighted by Crippen LogP contribution is 2.36. The molecular formula is C19H39NO7Si. The Kier molecular flexibility index (Phi) is 14.4. The molecule has 0 aromatic rings. The van der Waals surface area contributed by atoms with E-state index in [0.717, 1.165) is 0 Å². The smallest absolute Gasteiger partial charge is 0.303 e. The first-order valence-electron chi connectivity index (χ1n) is 9.92. The van der Waals surface area contributed by atoms with Gasteiger partial charge < -0.3 is 29.1 Å². The quantitative estimate of drug-likeness (QED) is 0.275. The molecule has 0 aromatic carbocycles. The molecule has 2 N–H and O–H groups in total. The summed E-state index contributed by atoms with van der Waals surface area (Å²) in [6.45, 7) is 15.3. The van der Waals surface area contributed by atoms with Gasteiger partial charge in [-0.1, -0.05) is 20.8 Å². The number of carbonyl (C=O) groups excluding carboxylic acids is 1. The summed E-state index contributed by atoms with van der Waals surface area (Å²) in [6, 6.07) is 0. The van der Waals surface area contributed by atoms with Crippen molar-refractivity contribution >= 4 is 20.2 Å². The molecule has 0 saturated carbocycles. The number of nitrogens with one attached hydrogen (secondary N) is 1. The number of carbonyl (C=O) groups is 2. The van der Waals surface area contributed by atoms with Crippen molar-refractivity contribution in [2.45, 2.75) is 58.2 Å². The molecule has 0 heterocycles. The monoisotopic (exact) mass is 421 g/mol. The summed E-state index contributed by atoms with van der Waals surface area (Å²) >= 11 is 0. The van der Waals surface area contributed by atoms with E-state index in [9.17, 15) is 9.59 Å². The molecule has 0 fully saturated rings. The van der Waals surface area contributed by atoms with Crippen LogP contribution < -0.4 is 5.32 Å². The molecule has 0 spiro atoms. The van der Waals surface area contributed by atoms with E-state index in [1.165, 1.54) is 0 Å². The maximum atomic E-state index is 11.3. The average molecular weight is 422 g/mol. The molecule has 8 nitrogen and oxygen atoms in total. The van der Waals surface area contributed by atoms with Gasteiger partial charge in [-0.2, -0.15) is 0 Å². The van der Waals surface area contributed by atoms with E-state index in [2.05, 4.69) is 39.2 Å². The van der Waals surface area contributed by atoms with Gasteiger partial charge in [0, 0.05) is 19.6 Å². The first-order chi connectivity index (χ1) is 13.1. The predicted octanol–water partition coefficient (Wildman–Crippen LogP) is 2.43. The molecule has 0 atom stereocenters. The van der Waals surface area contributed by atoms with E-state index in [1.54, 1.807) is 0 Å². The summed E-state index contributed by atoms with van der Waals surface area (Å²) in [5.74, 6) is -1.22. The van der Waals surface area contributed by atoms with Gasteiger partial charge in [0.15, 0.2) is 8.32 Å². The van der Waals surface area contributed by atoms with E-state index in [1.807, 2.05) is 0 Å². The molecule has 0 bridgehead atoms. The van der Waals surface area contributed by atoms with Crippen molar-refractivity contribution in [3.05, 3.63) is 0 Å². The number of hydrogen-bond acceptors (Lipinski definition) is 6. The van der Waals surface area contributed by atoms with Crippen LogP contribution in [0.15, 0.2) is 0 Å². The zero-order valence-electron chi connectivity index (χ0n) is 18.2. The third-order valence-electron chi connectivity index (χ3n) is 4.59. The van der Waals surface area contributed by atoms with Crippen LogP contribution in [0, 0.1) is 0 Å². The third-order valence-corrected chi connectivity index (χ3v) is 9.13. The van der Waals surface area contributed by atoms with Gasteiger partial charge in [-0.15, -0.1) is 0 Å². The summed E-state index contributed by atoms with van der Waals surface area (Å²) in [5.41, 5.74) is 0. The molecule has 0 aromatic heterocycles. The number of carboxylic acid groups (broad SMARTS) is 1. The number of carboxylic acids is 1. The Morgan fingerprint density at radius 3 is 1.86 bits per heavy atom. The summed E-state index contributed by atoms with van der Waals surface area (Å²) in [5, 5.41) is 11.3. The van der Waals surface area contributed by atoms with E-state index >= 15 is 0 Å². The minimum Gasteiger partial charge on any atom is -0.481 e. The first-order valence-corrected chi connectivity index (χ1v) is 12.8. The molecule has 0 rings (SSSR count). The first kappa shape index (κ1) is 27.0. The maximum absolute atomic E-state index is 11.3. The Morgan fingerprint density at radius 1 is 0.857 bits per heavy atom. The normalized spacial score (nSPS) is 12.2. The second-order valence-corrected chi connectivity index (χ2v) is 12.9. The lowest BCUT2D eigenvalue weighted by molar-refractivity contribution is -0.138. The number of hydrogen-bond donors (Lipinski definition) is 2. The second kappa shape index (κ2) is 14.9. The SMILES string of the molecule is CC(C)(C)[Si](C)(C)OCCOCCOCCOCCCNC(=O)CCC(=O)O. The third kappa shape index (κ3) is 15.0. The topological polar surface area (TPSA) is 103 Å². The summed E-state index contributed by atoms with van der Waals surface area (Å²) in [7, 11) is -1.69. The lowest BCUT2D eigenvalue weighted by Crippen LogP contribution is -2.41. The lowest BCUT2D eigenvalue weighted by Gasteiger charge is -2.36. The number of amides is 1. The Balaban J connectivity index is 3.32. The minimum absolute atomic E-state index is 0.00845. The molecule has 0 aliphatic rings. The van der Waals surface area contributed by atoms with Crippen molar-refractivity contribution in [1.29, 1.82) is 0 Å². The fourth-order valence-corrected chi connectivity index (χ4v) is 2.85. The molecule has 1 amide bonds. The van der Waals surface area contributed by atoms with Crippen molar-refractivity contribution in [2.75, 3.05) is 52.8 Å². The predicted molar refractivity (Wildman–Crippen MR) is 110 cm³/mol. The van der Waals surface area contributed by atoms with Gasteiger partial charge >= 0.3 is 5.97 Å². The van der Waals surface area contributed by atoms with Crippen LogP contribution >= 0.6 is 0 Å². The van der Waals surface area contributed by atoms with Crippen LogP contribution in [0.3, 0.4) is 0 Å². The molecule has 166 valence electrons. The van der Waals surface area contributed by atoms with E-state index in [-0.39, 0.29) is 23.8 Å². The van der Waals surface area contributed by atoms with Gasteiger partial charge in [-0.3, -0.25) is 9.59 Å². The Hall–Kier alpha value is -1.00. The molecule has 0 aliphatic carbocycles. The highest BCUT2D eigenvalue weighted by atomic mass is 28.4. The molecule has 0 saturated heterocycles. The van der Waals surface area contributed by atoms with Crippen molar-refractivity contribution < 1.29 is 33.3 Å². The Bertz CT molecular complexity index is 438. The van der Waals surface area contributed by atoms with Crippen LogP contribution in [0.4, 0.5) is 0 Å². The Labute approximate surface area is 170 Å². The van der Waals surface area contributed by atoms with Crippen LogP contribution in [0.5, 0.6) is 0 Å². The van der Waals surface area contributed by atoms with Crippen LogP contribution in [-0.2, 0) is 28.2 Å². The van der Waals surface area contributed by atoms with Crippen LogP contribution in [0.25, 0.3) is 0 Å².